The summed E-state index contributed by atoms with van der Waals surface area (Å²) >= 11 is 5.73. The van der Waals surface area contributed by atoms with Crippen molar-refractivity contribution in [3.63, 3.8) is 0 Å². The average molecular weight is 207 g/mol. The standard InChI is InChI=1S/C10H7ClN2O/c11-9-2-1-3-10(4-9)13-6-8(5-12)7-14/h1-4,6-7,13H/b8-6-. The molecule has 0 heterocycles. The van der Waals surface area contributed by atoms with Crippen LogP contribution in [0, 0.1) is 11.3 Å². The molecule has 0 bridgehead atoms. The van der Waals surface area contributed by atoms with Gasteiger partial charge in [0, 0.05) is 16.9 Å². The Morgan fingerprint density at radius 1 is 1.57 bits per heavy atom. The molecule has 0 aliphatic carbocycles. The number of hydrogen-bond acceptors (Lipinski definition) is 3. The summed E-state index contributed by atoms with van der Waals surface area (Å²) in [6, 6.07) is 8.71. The first kappa shape index (κ1) is 10.3. The van der Waals surface area contributed by atoms with Crippen molar-refractivity contribution in [3.8, 4) is 6.07 Å². The number of aldehydes is 1. The van der Waals surface area contributed by atoms with E-state index in [0.717, 1.165) is 5.69 Å². The van der Waals surface area contributed by atoms with Crippen molar-refractivity contribution >= 4 is 23.6 Å². The van der Waals surface area contributed by atoms with E-state index < -0.39 is 0 Å². The summed E-state index contributed by atoms with van der Waals surface area (Å²) in [6.45, 7) is 0. The average Bonchev–Trinajstić information content (AvgIpc) is 2.19. The van der Waals surface area contributed by atoms with Gasteiger partial charge in [0.1, 0.15) is 11.6 Å². The van der Waals surface area contributed by atoms with Crippen LogP contribution in [0.2, 0.25) is 5.02 Å². The van der Waals surface area contributed by atoms with E-state index in [1.165, 1.54) is 6.20 Å². The summed E-state index contributed by atoms with van der Waals surface area (Å²) in [5, 5.41) is 11.8. The van der Waals surface area contributed by atoms with Gasteiger partial charge in [0.05, 0.1) is 0 Å². The Morgan fingerprint density at radius 3 is 2.93 bits per heavy atom. The van der Waals surface area contributed by atoms with Gasteiger partial charge in [-0.25, -0.2) is 0 Å². The van der Waals surface area contributed by atoms with E-state index in [1.54, 1.807) is 30.3 Å². The number of nitrogens with one attached hydrogen (secondary N) is 1. The number of hydrogen-bond donors (Lipinski definition) is 1. The van der Waals surface area contributed by atoms with Crippen molar-refractivity contribution < 1.29 is 4.79 Å². The van der Waals surface area contributed by atoms with Gasteiger partial charge in [0.15, 0.2) is 6.29 Å². The normalized spacial score (nSPS) is 10.4. The molecule has 14 heavy (non-hydrogen) atoms. The number of halogens is 1. The van der Waals surface area contributed by atoms with Crippen LogP contribution < -0.4 is 5.32 Å². The molecule has 0 spiro atoms. The molecule has 1 rings (SSSR count). The quantitative estimate of drug-likeness (QED) is 0.469. The van der Waals surface area contributed by atoms with Crippen LogP contribution in [0.15, 0.2) is 36.0 Å². The fourth-order valence-electron chi connectivity index (χ4n) is 0.832. The Bertz CT molecular complexity index is 407. The monoisotopic (exact) mass is 206 g/mol. The van der Waals surface area contributed by atoms with Crippen molar-refractivity contribution in [1.29, 1.82) is 5.26 Å². The van der Waals surface area contributed by atoms with Crippen LogP contribution in [0.1, 0.15) is 0 Å². The van der Waals surface area contributed by atoms with Crippen molar-refractivity contribution in [2.24, 2.45) is 0 Å². The molecular formula is C10H7ClN2O. The highest BCUT2D eigenvalue weighted by atomic mass is 35.5. The molecule has 0 saturated carbocycles. The van der Waals surface area contributed by atoms with E-state index in [2.05, 4.69) is 5.32 Å². The number of rotatable bonds is 3. The molecule has 0 saturated heterocycles. The van der Waals surface area contributed by atoms with Crippen LogP contribution in [0.5, 0.6) is 0 Å². The van der Waals surface area contributed by atoms with E-state index in [0.29, 0.717) is 11.3 Å². The highest BCUT2D eigenvalue weighted by Crippen LogP contribution is 2.14. The number of anilines is 1. The molecule has 0 amide bonds. The van der Waals surface area contributed by atoms with Gasteiger partial charge in [0.2, 0.25) is 0 Å². The van der Waals surface area contributed by atoms with Gasteiger partial charge in [-0.3, -0.25) is 4.79 Å². The van der Waals surface area contributed by atoms with Gasteiger partial charge in [-0.15, -0.1) is 0 Å². The summed E-state index contributed by atoms with van der Waals surface area (Å²) in [7, 11) is 0. The third-order valence-electron chi connectivity index (χ3n) is 1.48. The lowest BCUT2D eigenvalue weighted by atomic mass is 10.3. The predicted octanol–water partition coefficient (Wildman–Crippen LogP) is 2.36. The summed E-state index contributed by atoms with van der Waals surface area (Å²) in [6.07, 6.45) is 1.82. The van der Waals surface area contributed by atoms with Crippen LogP contribution in [0.4, 0.5) is 5.69 Å². The van der Waals surface area contributed by atoms with Crippen LogP contribution in [-0.2, 0) is 4.79 Å². The maximum atomic E-state index is 10.3. The first-order valence-electron chi connectivity index (χ1n) is 3.84. The number of nitriles is 1. The van der Waals surface area contributed by atoms with Crippen molar-refractivity contribution in [2.75, 3.05) is 5.32 Å². The summed E-state index contributed by atoms with van der Waals surface area (Å²) in [5.41, 5.74) is 0.761. The fraction of sp³-hybridized carbons (Fsp3) is 0. The molecule has 0 atom stereocenters. The molecule has 70 valence electrons. The Kier molecular flexibility index (Phi) is 3.71. The maximum absolute atomic E-state index is 10.3. The van der Waals surface area contributed by atoms with Crippen molar-refractivity contribution in [2.45, 2.75) is 0 Å². The lowest BCUT2D eigenvalue weighted by Gasteiger charge is -1.99. The largest absolute Gasteiger partial charge is 0.360 e. The zero-order valence-electron chi connectivity index (χ0n) is 7.20. The predicted molar refractivity (Wildman–Crippen MR) is 54.8 cm³/mol. The maximum Gasteiger partial charge on any atom is 0.162 e. The van der Waals surface area contributed by atoms with Gasteiger partial charge in [0.25, 0.3) is 0 Å². The minimum atomic E-state index is 0.0324. The van der Waals surface area contributed by atoms with Gasteiger partial charge in [-0.05, 0) is 18.2 Å². The topological polar surface area (TPSA) is 52.9 Å². The Balaban J connectivity index is 2.76. The van der Waals surface area contributed by atoms with Crippen molar-refractivity contribution in [1.82, 2.24) is 0 Å². The lowest BCUT2D eigenvalue weighted by molar-refractivity contribution is -0.104. The van der Waals surface area contributed by atoms with Crippen LogP contribution >= 0.6 is 11.6 Å². The first-order valence-corrected chi connectivity index (χ1v) is 4.21. The molecule has 1 N–H and O–H groups in total. The summed E-state index contributed by atoms with van der Waals surface area (Å²) in [5.74, 6) is 0. The molecule has 0 fully saturated rings. The van der Waals surface area contributed by atoms with Gasteiger partial charge < -0.3 is 5.32 Å². The van der Waals surface area contributed by atoms with Crippen LogP contribution in [0.25, 0.3) is 0 Å². The molecule has 1 aromatic rings. The van der Waals surface area contributed by atoms with Crippen LogP contribution in [0.3, 0.4) is 0 Å². The van der Waals surface area contributed by atoms with E-state index in [1.807, 2.05) is 0 Å². The molecule has 0 aliphatic rings. The number of nitrogens with zero attached hydrogens (tertiary/aromatic N) is 1. The van der Waals surface area contributed by atoms with E-state index in [-0.39, 0.29) is 5.57 Å². The zero-order valence-corrected chi connectivity index (χ0v) is 7.95. The molecule has 3 nitrogen and oxygen atoms in total. The number of carbonyl (C=O) groups excluding carboxylic acids is 1. The van der Waals surface area contributed by atoms with Crippen molar-refractivity contribution in [3.05, 3.63) is 41.1 Å². The van der Waals surface area contributed by atoms with Gasteiger partial charge in [-0.1, -0.05) is 17.7 Å². The second-order valence-electron chi connectivity index (χ2n) is 2.48. The zero-order chi connectivity index (χ0) is 10.4. The Hall–Kier alpha value is -1.79. The lowest BCUT2D eigenvalue weighted by Crippen LogP contribution is -1.91. The smallest absolute Gasteiger partial charge is 0.162 e. The first-order chi connectivity index (χ1) is 6.76. The molecular weight excluding hydrogens is 200 g/mol. The van der Waals surface area contributed by atoms with E-state index in [9.17, 15) is 4.79 Å². The molecule has 0 aromatic heterocycles. The van der Waals surface area contributed by atoms with Crippen LogP contribution in [-0.4, -0.2) is 6.29 Å². The second-order valence-corrected chi connectivity index (χ2v) is 2.92. The second kappa shape index (κ2) is 5.05. The number of carbonyl (C=O) groups is 1. The number of allylic oxidation sites excluding steroid dienone is 1. The molecule has 4 heteroatoms. The Morgan fingerprint density at radius 2 is 2.36 bits per heavy atom. The Labute approximate surface area is 86.6 Å². The highest BCUT2D eigenvalue weighted by Gasteiger charge is 1.93. The molecule has 0 radical (unpaired) electrons. The van der Waals surface area contributed by atoms with E-state index >= 15 is 0 Å². The third kappa shape index (κ3) is 2.92. The van der Waals surface area contributed by atoms with Gasteiger partial charge >= 0.3 is 0 Å². The molecule has 0 unspecified atom stereocenters. The summed E-state index contributed by atoms with van der Waals surface area (Å²) in [4.78, 5) is 10.3. The fourth-order valence-corrected chi connectivity index (χ4v) is 1.02. The molecule has 0 aliphatic heterocycles. The SMILES string of the molecule is N#C/C(C=O)=C/Nc1cccc(Cl)c1. The summed E-state index contributed by atoms with van der Waals surface area (Å²) < 4.78 is 0. The third-order valence-corrected chi connectivity index (χ3v) is 1.71. The molecule has 1 aromatic carbocycles. The van der Waals surface area contributed by atoms with Gasteiger partial charge in [-0.2, -0.15) is 5.26 Å². The highest BCUT2D eigenvalue weighted by molar-refractivity contribution is 6.30. The minimum absolute atomic E-state index is 0.0324. The number of benzene rings is 1. The minimum Gasteiger partial charge on any atom is -0.360 e. The van der Waals surface area contributed by atoms with E-state index in [4.69, 9.17) is 16.9 Å².